The van der Waals surface area contributed by atoms with E-state index in [2.05, 4.69) is 10.8 Å². The van der Waals surface area contributed by atoms with Crippen molar-refractivity contribution >= 4 is 27.6 Å². The molecule has 2 N–H and O–H groups in total. The third-order valence-corrected chi connectivity index (χ3v) is 2.44. The molecule has 0 aliphatic heterocycles. The van der Waals surface area contributed by atoms with Gasteiger partial charge in [-0.3, -0.25) is 8.76 Å². The molecule has 0 amide bonds. The van der Waals surface area contributed by atoms with Crippen molar-refractivity contribution < 1.29 is 30.7 Å². The lowest BCUT2D eigenvalue weighted by atomic mass is 10.2. The summed E-state index contributed by atoms with van der Waals surface area (Å²) >= 11 is -2.09. The Hall–Kier alpha value is -1.84. The molecular weight excluding hydrogens is 310 g/mol. The SMILES string of the molecule is C=COS(=O)(=O)O.Cc1ccc(S(=O)[O-])cc1.N=C=O. The first kappa shape index (κ1) is 20.5. The third kappa shape index (κ3) is 14.2. The maximum Gasteiger partial charge on any atom is 0.445 e. The van der Waals surface area contributed by atoms with Gasteiger partial charge in [0.25, 0.3) is 0 Å². The summed E-state index contributed by atoms with van der Waals surface area (Å²) in [4.78, 5) is 8.69. The molecule has 0 fully saturated rings. The molecule has 0 aliphatic rings. The summed E-state index contributed by atoms with van der Waals surface area (Å²) in [6.07, 6.45) is 1.37. The van der Waals surface area contributed by atoms with Gasteiger partial charge in [0.2, 0.25) is 6.08 Å². The molecular formula is C10H12NO7S2-. The lowest BCUT2D eigenvalue weighted by Gasteiger charge is -2.03. The van der Waals surface area contributed by atoms with Crippen molar-refractivity contribution in [3.63, 3.8) is 0 Å². The number of nitrogens with one attached hydrogen (secondary N) is 1. The monoisotopic (exact) mass is 322 g/mol. The smallest absolute Gasteiger partial charge is 0.445 e. The second-order valence-electron chi connectivity index (χ2n) is 2.84. The predicted molar refractivity (Wildman–Crippen MR) is 69.6 cm³/mol. The molecule has 1 aromatic rings. The highest BCUT2D eigenvalue weighted by Gasteiger charge is 1.96. The van der Waals surface area contributed by atoms with Crippen LogP contribution in [0.2, 0.25) is 0 Å². The maximum absolute atomic E-state index is 10.3. The van der Waals surface area contributed by atoms with Crippen LogP contribution >= 0.6 is 0 Å². The summed E-state index contributed by atoms with van der Waals surface area (Å²) in [5.41, 5.74) is 1.06. The minimum atomic E-state index is -4.29. The molecule has 1 rings (SSSR count). The zero-order chi connectivity index (χ0) is 16.2. The van der Waals surface area contributed by atoms with Crippen molar-refractivity contribution in [2.24, 2.45) is 0 Å². The molecule has 0 radical (unpaired) electrons. The molecule has 0 aliphatic carbocycles. The van der Waals surface area contributed by atoms with Gasteiger partial charge in [-0.2, -0.15) is 8.42 Å². The molecule has 0 aromatic heterocycles. The summed E-state index contributed by atoms with van der Waals surface area (Å²) in [5, 5.41) is 5.40. The molecule has 10 heteroatoms. The average molecular weight is 322 g/mol. The Labute approximate surface area is 118 Å². The molecule has 0 saturated heterocycles. The molecule has 0 heterocycles. The predicted octanol–water partition coefficient (Wildman–Crippen LogP) is 1.08. The standard InChI is InChI=1S/C7H8O2S.C2H4O4S.CHNO/c1-6-2-4-7(5-3-6)10(8)9;1-2-6-7(3,4)5;2-1-3/h2-5H,1H3,(H,8,9);2H,1H2,(H,3,4,5);2H/p-1. The van der Waals surface area contributed by atoms with Gasteiger partial charge in [-0.15, -0.1) is 0 Å². The van der Waals surface area contributed by atoms with Crippen molar-refractivity contribution in [2.75, 3.05) is 0 Å². The van der Waals surface area contributed by atoms with Crippen molar-refractivity contribution in [3.8, 4) is 0 Å². The van der Waals surface area contributed by atoms with Gasteiger partial charge < -0.3 is 8.74 Å². The summed E-state index contributed by atoms with van der Waals surface area (Å²) in [6.45, 7) is 4.80. The van der Waals surface area contributed by atoms with Crippen LogP contribution in [0.4, 0.5) is 0 Å². The fourth-order valence-corrected chi connectivity index (χ4v) is 1.27. The van der Waals surface area contributed by atoms with Gasteiger partial charge in [0.1, 0.15) is 6.26 Å². The van der Waals surface area contributed by atoms with E-state index in [1.807, 2.05) is 6.92 Å². The van der Waals surface area contributed by atoms with Crippen LogP contribution in [0.15, 0.2) is 42.0 Å². The summed E-state index contributed by atoms with van der Waals surface area (Å²) in [6, 6.07) is 6.70. The number of isocyanates is 1. The van der Waals surface area contributed by atoms with Crippen molar-refractivity contribution in [3.05, 3.63) is 42.7 Å². The van der Waals surface area contributed by atoms with Crippen LogP contribution in [0, 0.1) is 12.3 Å². The molecule has 0 bridgehead atoms. The van der Waals surface area contributed by atoms with Gasteiger partial charge in [-0.05, 0) is 30.1 Å². The van der Waals surface area contributed by atoms with E-state index in [1.54, 1.807) is 24.3 Å². The Morgan fingerprint density at radius 3 is 2.05 bits per heavy atom. The highest BCUT2D eigenvalue weighted by Crippen LogP contribution is 2.05. The van der Waals surface area contributed by atoms with Crippen LogP contribution < -0.4 is 0 Å². The summed E-state index contributed by atoms with van der Waals surface area (Å²) in [7, 11) is -4.29. The third-order valence-electron chi connectivity index (χ3n) is 1.40. The molecule has 8 nitrogen and oxygen atoms in total. The van der Waals surface area contributed by atoms with Crippen molar-refractivity contribution in [1.29, 1.82) is 5.41 Å². The van der Waals surface area contributed by atoms with Gasteiger partial charge in [-0.25, -0.2) is 10.2 Å². The highest BCUT2D eigenvalue weighted by molar-refractivity contribution is 7.81. The van der Waals surface area contributed by atoms with Gasteiger partial charge in [0.15, 0.2) is 0 Å². The maximum atomic E-state index is 10.3. The van der Waals surface area contributed by atoms with E-state index in [0.29, 0.717) is 11.2 Å². The van der Waals surface area contributed by atoms with Gasteiger partial charge in [0, 0.05) is 4.90 Å². The number of benzene rings is 1. The second kappa shape index (κ2) is 11.0. The van der Waals surface area contributed by atoms with Crippen molar-refractivity contribution in [1.82, 2.24) is 0 Å². The largest absolute Gasteiger partial charge is 0.768 e. The van der Waals surface area contributed by atoms with Crippen LogP contribution in [0.5, 0.6) is 0 Å². The fourth-order valence-electron chi connectivity index (χ4n) is 0.735. The lowest BCUT2D eigenvalue weighted by molar-refractivity contribution is 0.357. The summed E-state index contributed by atoms with van der Waals surface area (Å²) in [5.74, 6) is 0. The highest BCUT2D eigenvalue weighted by atomic mass is 32.3. The first-order valence-electron chi connectivity index (χ1n) is 4.64. The molecule has 1 aromatic carbocycles. The number of hydrogen-bond donors (Lipinski definition) is 2. The van der Waals surface area contributed by atoms with Gasteiger partial charge in [0.05, 0.1) is 0 Å². The average Bonchev–Trinajstić information content (AvgIpc) is 2.29. The Bertz CT molecular complexity index is 560. The number of hydrogen-bond acceptors (Lipinski definition) is 7. The zero-order valence-electron chi connectivity index (χ0n) is 10.3. The number of rotatable bonds is 3. The van der Waals surface area contributed by atoms with E-state index in [4.69, 9.17) is 14.8 Å². The molecule has 1 unspecified atom stereocenters. The normalized spacial score (nSPS) is 10.6. The molecule has 0 spiro atoms. The lowest BCUT2D eigenvalue weighted by Crippen LogP contribution is -1.96. The first-order valence-corrected chi connectivity index (χ1v) is 7.08. The minimum absolute atomic E-state index is 0.339. The van der Waals surface area contributed by atoms with E-state index in [0.717, 1.165) is 11.6 Å². The Balaban J connectivity index is 0. The quantitative estimate of drug-likeness (QED) is 0.278. The second-order valence-corrected chi connectivity index (χ2v) is 4.83. The van der Waals surface area contributed by atoms with Crippen LogP contribution in [-0.2, 0) is 30.5 Å². The fraction of sp³-hybridized carbons (Fsp3) is 0.100. The minimum Gasteiger partial charge on any atom is -0.768 e. The summed E-state index contributed by atoms with van der Waals surface area (Å²) < 4.78 is 50.8. The molecule has 112 valence electrons. The van der Waals surface area contributed by atoms with Crippen LogP contribution in [0.25, 0.3) is 0 Å². The Kier molecular flexibility index (Phi) is 11.3. The number of aryl methyl sites for hydroxylation is 1. The number of carbonyl (C=O) groups excluding carboxylic acids is 1. The van der Waals surface area contributed by atoms with E-state index < -0.39 is 21.5 Å². The van der Waals surface area contributed by atoms with Gasteiger partial charge in [-0.1, -0.05) is 24.3 Å². The van der Waals surface area contributed by atoms with Gasteiger partial charge >= 0.3 is 10.4 Å². The molecule has 1 atom stereocenters. The topological polar surface area (TPSA) is 145 Å². The van der Waals surface area contributed by atoms with E-state index >= 15 is 0 Å². The van der Waals surface area contributed by atoms with E-state index in [1.165, 1.54) is 0 Å². The van der Waals surface area contributed by atoms with Crippen LogP contribution in [-0.4, -0.2) is 27.8 Å². The van der Waals surface area contributed by atoms with Crippen LogP contribution in [0.1, 0.15) is 5.56 Å². The van der Waals surface area contributed by atoms with Crippen LogP contribution in [0.3, 0.4) is 0 Å². The molecule has 20 heavy (non-hydrogen) atoms. The molecule has 0 saturated carbocycles. The van der Waals surface area contributed by atoms with E-state index in [-0.39, 0.29) is 0 Å². The Morgan fingerprint density at radius 2 is 1.85 bits per heavy atom. The first-order chi connectivity index (χ1) is 9.17. The Morgan fingerprint density at radius 1 is 1.45 bits per heavy atom. The van der Waals surface area contributed by atoms with E-state index in [9.17, 15) is 17.2 Å². The zero-order valence-corrected chi connectivity index (χ0v) is 11.9. The van der Waals surface area contributed by atoms with Crippen molar-refractivity contribution in [2.45, 2.75) is 11.8 Å².